The number of hydrogen-bond donors (Lipinski definition) is 1. The zero-order valence-corrected chi connectivity index (χ0v) is 11.8. The van der Waals surface area contributed by atoms with Gasteiger partial charge in [0.1, 0.15) is 5.03 Å². The third-order valence-corrected chi connectivity index (χ3v) is 4.34. The molecule has 0 aliphatic heterocycles. The fourth-order valence-electron chi connectivity index (χ4n) is 2.38. The van der Waals surface area contributed by atoms with Gasteiger partial charge in [-0.15, -0.1) is 5.10 Å². The quantitative estimate of drug-likeness (QED) is 0.925. The summed E-state index contributed by atoms with van der Waals surface area (Å²) in [6.45, 7) is 0. The van der Waals surface area contributed by atoms with Gasteiger partial charge in [-0.25, -0.2) is 18.9 Å². The van der Waals surface area contributed by atoms with Crippen LogP contribution in [0.2, 0.25) is 0 Å². The average molecular weight is 309 g/mol. The van der Waals surface area contributed by atoms with E-state index in [4.69, 9.17) is 5.11 Å². The second-order valence-electron chi connectivity index (χ2n) is 4.73. The molecule has 7 nitrogen and oxygen atoms in total. The molecular formula is C12H12FN5O2S. The van der Waals surface area contributed by atoms with E-state index >= 15 is 0 Å². The molecule has 0 unspecified atom stereocenters. The van der Waals surface area contributed by atoms with Crippen molar-refractivity contribution in [1.29, 1.82) is 0 Å². The fraction of sp³-hybridized carbons (Fsp3) is 0.417. The highest BCUT2D eigenvalue weighted by atomic mass is 32.2. The molecular weight excluding hydrogens is 297 g/mol. The van der Waals surface area contributed by atoms with Gasteiger partial charge in [0.25, 0.3) is 0 Å². The van der Waals surface area contributed by atoms with Crippen LogP contribution < -0.4 is 0 Å². The Morgan fingerprint density at radius 2 is 2.19 bits per heavy atom. The van der Waals surface area contributed by atoms with Crippen LogP contribution in [0.4, 0.5) is 4.39 Å². The van der Waals surface area contributed by atoms with Crippen molar-refractivity contribution in [2.75, 3.05) is 0 Å². The van der Waals surface area contributed by atoms with E-state index in [0.717, 1.165) is 43.5 Å². The minimum Gasteiger partial charge on any atom is -0.478 e. The molecule has 0 atom stereocenters. The number of nitrogens with zero attached hydrogens (tertiary/aromatic N) is 5. The zero-order valence-electron chi connectivity index (χ0n) is 10.9. The van der Waals surface area contributed by atoms with Crippen molar-refractivity contribution in [2.24, 2.45) is 0 Å². The van der Waals surface area contributed by atoms with Gasteiger partial charge in [0.05, 0.1) is 11.6 Å². The second kappa shape index (κ2) is 5.76. The van der Waals surface area contributed by atoms with Crippen LogP contribution in [0, 0.1) is 5.82 Å². The van der Waals surface area contributed by atoms with Gasteiger partial charge < -0.3 is 5.11 Å². The molecule has 3 rings (SSSR count). The van der Waals surface area contributed by atoms with Gasteiger partial charge in [-0.1, -0.05) is 12.8 Å². The Hall–Kier alpha value is -2.03. The first-order valence-corrected chi connectivity index (χ1v) is 7.32. The van der Waals surface area contributed by atoms with E-state index in [-0.39, 0.29) is 11.1 Å². The number of aromatic nitrogens is 5. The lowest BCUT2D eigenvalue weighted by atomic mass is 10.3. The molecule has 0 radical (unpaired) electrons. The normalized spacial score (nSPS) is 15.5. The van der Waals surface area contributed by atoms with Gasteiger partial charge in [-0.2, -0.15) is 0 Å². The lowest BCUT2D eigenvalue weighted by molar-refractivity contribution is 0.0691. The number of halogens is 1. The molecule has 1 N–H and O–H groups in total. The average Bonchev–Trinajstić information content (AvgIpc) is 3.11. The number of hydrogen-bond acceptors (Lipinski definition) is 6. The van der Waals surface area contributed by atoms with Crippen LogP contribution in [0.5, 0.6) is 0 Å². The van der Waals surface area contributed by atoms with Gasteiger partial charge in [0.2, 0.25) is 5.16 Å². The number of aromatic carboxylic acids is 1. The predicted molar refractivity (Wildman–Crippen MR) is 70.6 cm³/mol. The number of rotatable bonds is 4. The van der Waals surface area contributed by atoms with E-state index in [1.165, 1.54) is 6.20 Å². The monoisotopic (exact) mass is 309 g/mol. The SMILES string of the molecule is O=C(O)c1ccnc(Sc2nnnn2C2CCCC2)c1F. The summed E-state index contributed by atoms with van der Waals surface area (Å²) in [5, 5.41) is 20.8. The van der Waals surface area contributed by atoms with Gasteiger partial charge in [0, 0.05) is 6.20 Å². The van der Waals surface area contributed by atoms with Crippen LogP contribution in [0.15, 0.2) is 22.4 Å². The van der Waals surface area contributed by atoms with Crippen molar-refractivity contribution >= 4 is 17.7 Å². The Kier molecular flexibility index (Phi) is 3.82. The Morgan fingerprint density at radius 1 is 1.43 bits per heavy atom. The summed E-state index contributed by atoms with van der Waals surface area (Å²) in [7, 11) is 0. The van der Waals surface area contributed by atoms with Gasteiger partial charge in [-0.3, -0.25) is 0 Å². The number of carbonyl (C=O) groups is 1. The first-order chi connectivity index (χ1) is 10.2. The molecule has 1 aliphatic rings. The molecule has 0 bridgehead atoms. The summed E-state index contributed by atoms with van der Waals surface area (Å²) in [6, 6.07) is 1.34. The van der Waals surface area contributed by atoms with Crippen molar-refractivity contribution in [2.45, 2.75) is 41.9 Å². The molecule has 9 heteroatoms. The molecule has 0 amide bonds. The summed E-state index contributed by atoms with van der Waals surface area (Å²) >= 11 is 0.943. The van der Waals surface area contributed by atoms with Gasteiger partial charge in [0.15, 0.2) is 5.82 Å². The molecule has 1 saturated carbocycles. The van der Waals surface area contributed by atoms with Crippen molar-refractivity contribution in [3.8, 4) is 0 Å². The van der Waals surface area contributed by atoms with Crippen LogP contribution >= 0.6 is 11.8 Å². The summed E-state index contributed by atoms with van der Waals surface area (Å²) < 4.78 is 15.8. The molecule has 2 aromatic rings. The van der Waals surface area contributed by atoms with E-state index < -0.39 is 17.3 Å². The first kappa shape index (κ1) is 13.9. The van der Waals surface area contributed by atoms with Crippen molar-refractivity contribution < 1.29 is 14.3 Å². The number of pyridine rings is 1. The van der Waals surface area contributed by atoms with E-state index in [9.17, 15) is 9.18 Å². The highest BCUT2D eigenvalue weighted by Gasteiger charge is 2.24. The first-order valence-electron chi connectivity index (χ1n) is 6.50. The zero-order chi connectivity index (χ0) is 14.8. The van der Waals surface area contributed by atoms with Crippen LogP contribution in [0.3, 0.4) is 0 Å². The Morgan fingerprint density at radius 3 is 2.90 bits per heavy atom. The molecule has 110 valence electrons. The third kappa shape index (κ3) is 2.73. The van der Waals surface area contributed by atoms with E-state index in [1.54, 1.807) is 4.68 Å². The van der Waals surface area contributed by atoms with Crippen LogP contribution in [-0.2, 0) is 0 Å². The minimum absolute atomic E-state index is 0.0380. The highest BCUT2D eigenvalue weighted by Crippen LogP contribution is 2.34. The molecule has 1 fully saturated rings. The fourth-order valence-corrected chi connectivity index (χ4v) is 3.22. The maximum atomic E-state index is 14.1. The van der Waals surface area contributed by atoms with Crippen molar-refractivity contribution in [3.63, 3.8) is 0 Å². The molecule has 0 aromatic carbocycles. The van der Waals surface area contributed by atoms with Crippen LogP contribution in [0.1, 0.15) is 42.1 Å². The minimum atomic E-state index is -1.33. The lowest BCUT2D eigenvalue weighted by Crippen LogP contribution is -2.09. The smallest absolute Gasteiger partial charge is 0.338 e. The van der Waals surface area contributed by atoms with Gasteiger partial charge >= 0.3 is 5.97 Å². The Balaban J connectivity index is 1.89. The summed E-state index contributed by atoms with van der Waals surface area (Å²) in [6.07, 6.45) is 5.48. The summed E-state index contributed by atoms with van der Waals surface area (Å²) in [5.74, 6) is -2.19. The molecule has 2 heterocycles. The highest BCUT2D eigenvalue weighted by molar-refractivity contribution is 7.99. The third-order valence-electron chi connectivity index (χ3n) is 3.41. The molecule has 1 aliphatic carbocycles. The number of carboxylic acids is 1. The van der Waals surface area contributed by atoms with E-state index in [2.05, 4.69) is 20.5 Å². The topological polar surface area (TPSA) is 93.8 Å². The Labute approximate surface area is 123 Å². The predicted octanol–water partition coefficient (Wildman–Crippen LogP) is 2.17. The number of tetrazole rings is 1. The van der Waals surface area contributed by atoms with Crippen molar-refractivity contribution in [1.82, 2.24) is 25.2 Å². The van der Waals surface area contributed by atoms with Crippen LogP contribution in [-0.4, -0.2) is 36.3 Å². The molecule has 0 saturated heterocycles. The lowest BCUT2D eigenvalue weighted by Gasteiger charge is -2.10. The molecule has 2 aromatic heterocycles. The molecule has 0 spiro atoms. The number of carboxylic acid groups (broad SMARTS) is 1. The Bertz CT molecular complexity index is 671. The molecule has 21 heavy (non-hydrogen) atoms. The maximum absolute atomic E-state index is 14.1. The summed E-state index contributed by atoms with van der Waals surface area (Å²) in [5.41, 5.74) is -0.410. The maximum Gasteiger partial charge on any atom is 0.338 e. The second-order valence-corrected chi connectivity index (χ2v) is 5.69. The summed E-state index contributed by atoms with van der Waals surface area (Å²) in [4.78, 5) is 14.8. The van der Waals surface area contributed by atoms with Gasteiger partial charge in [-0.05, 0) is 41.1 Å². The van der Waals surface area contributed by atoms with E-state index in [1.807, 2.05) is 0 Å². The largest absolute Gasteiger partial charge is 0.478 e. The van der Waals surface area contributed by atoms with E-state index in [0.29, 0.717) is 5.16 Å². The standard InChI is InChI=1S/C12H12FN5O2S/c13-9-8(11(19)20)5-6-14-10(9)21-12-15-16-17-18(12)7-3-1-2-4-7/h5-7H,1-4H2,(H,19,20). The van der Waals surface area contributed by atoms with Crippen LogP contribution in [0.25, 0.3) is 0 Å². The van der Waals surface area contributed by atoms with Crippen molar-refractivity contribution in [3.05, 3.63) is 23.6 Å².